The Labute approximate surface area is 130 Å². The lowest BCUT2D eigenvalue weighted by Gasteiger charge is -2.11. The summed E-state index contributed by atoms with van der Waals surface area (Å²) in [7, 11) is 0. The van der Waals surface area contributed by atoms with Crippen molar-refractivity contribution < 1.29 is 4.74 Å². The second-order valence-corrected chi connectivity index (χ2v) is 5.94. The fourth-order valence-electron chi connectivity index (χ4n) is 2.12. The number of aryl methyl sites for hydroxylation is 1. The Kier molecular flexibility index (Phi) is 4.13. The Morgan fingerprint density at radius 2 is 2.05 bits per heavy atom. The highest BCUT2D eigenvalue weighted by Crippen LogP contribution is 2.27. The predicted octanol–water partition coefficient (Wildman–Crippen LogP) is 4.40. The van der Waals surface area contributed by atoms with E-state index in [4.69, 9.17) is 16.3 Å². The smallest absolute Gasteiger partial charge is 0.219 e. The van der Waals surface area contributed by atoms with E-state index in [0.29, 0.717) is 23.5 Å². The molecule has 0 aliphatic heterocycles. The normalized spacial score (nSPS) is 14.2. The maximum atomic E-state index is 6.20. The van der Waals surface area contributed by atoms with Crippen molar-refractivity contribution in [3.8, 4) is 11.6 Å². The third-order valence-corrected chi connectivity index (χ3v) is 4.14. The van der Waals surface area contributed by atoms with Gasteiger partial charge >= 0.3 is 0 Å². The molecule has 0 radical (unpaired) electrons. The van der Waals surface area contributed by atoms with Gasteiger partial charge in [-0.2, -0.15) is 0 Å². The molecule has 1 aliphatic rings. The molecule has 1 N–H and O–H groups in total. The molecule has 0 amide bonds. The van der Waals surface area contributed by atoms with Crippen molar-refractivity contribution in [3.05, 3.63) is 52.2 Å². The molecule has 1 fully saturated rings. The molecule has 21 heavy (non-hydrogen) atoms. The van der Waals surface area contributed by atoms with Gasteiger partial charge in [0, 0.05) is 18.7 Å². The van der Waals surface area contributed by atoms with Crippen LogP contribution in [0.1, 0.15) is 29.7 Å². The quantitative estimate of drug-likeness (QED) is 0.889. The first-order valence-electron chi connectivity index (χ1n) is 7.26. The van der Waals surface area contributed by atoms with Gasteiger partial charge in [0.05, 0.1) is 10.7 Å². The molecule has 0 atom stereocenters. The number of benzene rings is 1. The summed E-state index contributed by atoms with van der Waals surface area (Å²) in [5.41, 5.74) is 3.18. The Hall–Kier alpha value is -1.58. The molecule has 110 valence electrons. The first-order valence-corrected chi connectivity index (χ1v) is 7.64. The van der Waals surface area contributed by atoms with Gasteiger partial charge in [-0.25, -0.2) is 4.98 Å². The van der Waals surface area contributed by atoms with Gasteiger partial charge in [0.2, 0.25) is 5.88 Å². The van der Waals surface area contributed by atoms with E-state index in [0.717, 1.165) is 17.0 Å². The molecule has 0 saturated heterocycles. The van der Waals surface area contributed by atoms with Crippen molar-refractivity contribution in [2.75, 3.05) is 0 Å². The molecule has 2 aromatic rings. The maximum absolute atomic E-state index is 6.20. The van der Waals surface area contributed by atoms with E-state index in [1.165, 1.54) is 18.4 Å². The molecule has 3 nitrogen and oxygen atoms in total. The molecule has 0 bridgehead atoms. The molecule has 4 heteroatoms. The molecule has 1 aliphatic carbocycles. The van der Waals surface area contributed by atoms with Crippen molar-refractivity contribution >= 4 is 11.6 Å². The number of nitrogens with one attached hydrogen (secondary N) is 1. The van der Waals surface area contributed by atoms with Crippen LogP contribution in [-0.4, -0.2) is 11.0 Å². The number of nitrogens with zero attached hydrogens (tertiary/aromatic N) is 1. The van der Waals surface area contributed by atoms with Crippen LogP contribution in [-0.2, 0) is 6.54 Å². The molecule has 0 spiro atoms. The van der Waals surface area contributed by atoms with E-state index in [1.54, 1.807) is 0 Å². The molecule has 1 saturated carbocycles. The minimum atomic E-state index is 0.584. The van der Waals surface area contributed by atoms with Gasteiger partial charge < -0.3 is 10.1 Å². The zero-order chi connectivity index (χ0) is 14.8. The van der Waals surface area contributed by atoms with Crippen molar-refractivity contribution in [3.63, 3.8) is 0 Å². The highest BCUT2D eigenvalue weighted by atomic mass is 35.5. The molecular weight excluding hydrogens is 284 g/mol. The van der Waals surface area contributed by atoms with E-state index in [1.807, 2.05) is 24.3 Å². The lowest BCUT2D eigenvalue weighted by Crippen LogP contribution is -2.16. The second kappa shape index (κ2) is 6.04. The SMILES string of the molecule is Cc1cccc(Oc2ccc(Cl)c(CNC3CC3)n2)c1C. The lowest BCUT2D eigenvalue weighted by molar-refractivity contribution is 0.455. The number of hydrogen-bond donors (Lipinski definition) is 1. The highest BCUT2D eigenvalue weighted by molar-refractivity contribution is 6.31. The monoisotopic (exact) mass is 302 g/mol. The van der Waals surface area contributed by atoms with E-state index < -0.39 is 0 Å². The van der Waals surface area contributed by atoms with Crippen LogP contribution in [0.4, 0.5) is 0 Å². The van der Waals surface area contributed by atoms with Crippen molar-refractivity contribution in [2.45, 2.75) is 39.3 Å². The van der Waals surface area contributed by atoms with E-state index in [9.17, 15) is 0 Å². The molecular formula is C17H19ClN2O. The first-order chi connectivity index (χ1) is 10.1. The maximum Gasteiger partial charge on any atom is 0.219 e. The van der Waals surface area contributed by atoms with Crippen LogP contribution in [0.5, 0.6) is 11.6 Å². The zero-order valence-electron chi connectivity index (χ0n) is 12.3. The Morgan fingerprint density at radius 1 is 1.24 bits per heavy atom. The van der Waals surface area contributed by atoms with Crippen LogP contribution in [0.2, 0.25) is 5.02 Å². The Morgan fingerprint density at radius 3 is 2.81 bits per heavy atom. The molecule has 3 rings (SSSR count). The summed E-state index contributed by atoms with van der Waals surface area (Å²) in [5.74, 6) is 1.42. The number of hydrogen-bond acceptors (Lipinski definition) is 3. The number of halogens is 1. The van der Waals surface area contributed by atoms with E-state index >= 15 is 0 Å². The van der Waals surface area contributed by atoms with E-state index in [-0.39, 0.29) is 0 Å². The van der Waals surface area contributed by atoms with Gasteiger partial charge in [-0.1, -0.05) is 23.7 Å². The van der Waals surface area contributed by atoms with Gasteiger partial charge in [-0.05, 0) is 49.9 Å². The summed E-state index contributed by atoms with van der Waals surface area (Å²) < 4.78 is 5.91. The Balaban J connectivity index is 1.78. The average Bonchev–Trinajstić information content (AvgIpc) is 3.28. The fraction of sp³-hybridized carbons (Fsp3) is 0.353. The van der Waals surface area contributed by atoms with Crippen LogP contribution in [0, 0.1) is 13.8 Å². The predicted molar refractivity (Wildman–Crippen MR) is 85.1 cm³/mol. The standard InChI is InChI=1S/C17H19ClN2O/c1-11-4-3-5-16(12(11)2)21-17-9-8-14(18)15(20-17)10-19-13-6-7-13/h3-5,8-9,13,19H,6-7,10H2,1-2H3. The van der Waals surface area contributed by atoms with Crippen LogP contribution >= 0.6 is 11.6 Å². The highest BCUT2D eigenvalue weighted by Gasteiger charge is 2.20. The van der Waals surface area contributed by atoms with E-state index in [2.05, 4.69) is 30.2 Å². The van der Waals surface area contributed by atoms with Crippen molar-refractivity contribution in [1.29, 1.82) is 0 Å². The fourth-order valence-corrected chi connectivity index (χ4v) is 2.29. The third-order valence-electron chi connectivity index (χ3n) is 3.80. The van der Waals surface area contributed by atoms with Gasteiger partial charge in [0.25, 0.3) is 0 Å². The second-order valence-electron chi connectivity index (χ2n) is 5.53. The summed E-state index contributed by atoms with van der Waals surface area (Å²) >= 11 is 6.20. The third kappa shape index (κ3) is 3.55. The summed E-state index contributed by atoms with van der Waals surface area (Å²) in [4.78, 5) is 4.52. The molecule has 1 heterocycles. The summed E-state index contributed by atoms with van der Waals surface area (Å²) in [5, 5.41) is 4.10. The first kappa shape index (κ1) is 14.4. The van der Waals surface area contributed by atoms with Gasteiger partial charge in [-0.15, -0.1) is 0 Å². The molecule has 1 aromatic heterocycles. The minimum absolute atomic E-state index is 0.584. The van der Waals surface area contributed by atoms with Gasteiger partial charge in [0.15, 0.2) is 0 Å². The molecule has 1 aromatic carbocycles. The van der Waals surface area contributed by atoms with Gasteiger partial charge in [-0.3, -0.25) is 0 Å². The number of aromatic nitrogens is 1. The van der Waals surface area contributed by atoms with Crippen molar-refractivity contribution in [1.82, 2.24) is 10.3 Å². The van der Waals surface area contributed by atoms with Crippen LogP contribution in [0.3, 0.4) is 0 Å². The average molecular weight is 303 g/mol. The van der Waals surface area contributed by atoms with Crippen LogP contribution < -0.4 is 10.1 Å². The topological polar surface area (TPSA) is 34.1 Å². The number of rotatable bonds is 5. The largest absolute Gasteiger partial charge is 0.439 e. The van der Waals surface area contributed by atoms with Crippen LogP contribution in [0.15, 0.2) is 30.3 Å². The summed E-state index contributed by atoms with van der Waals surface area (Å²) in [6, 6.07) is 10.3. The van der Waals surface area contributed by atoms with Gasteiger partial charge in [0.1, 0.15) is 5.75 Å². The lowest BCUT2D eigenvalue weighted by atomic mass is 10.1. The Bertz CT molecular complexity index is 653. The number of pyridine rings is 1. The molecule has 0 unspecified atom stereocenters. The number of ether oxygens (including phenoxy) is 1. The van der Waals surface area contributed by atoms with Crippen molar-refractivity contribution in [2.24, 2.45) is 0 Å². The zero-order valence-corrected chi connectivity index (χ0v) is 13.1. The van der Waals surface area contributed by atoms with Crippen LogP contribution in [0.25, 0.3) is 0 Å². The summed E-state index contributed by atoms with van der Waals surface area (Å²) in [6.45, 7) is 4.81. The minimum Gasteiger partial charge on any atom is -0.439 e. The summed E-state index contributed by atoms with van der Waals surface area (Å²) in [6.07, 6.45) is 2.49.